The molecule has 1 aromatic heterocycles. The molecule has 0 bridgehead atoms. The number of anilines is 1. The molecule has 1 amide bonds. The molecule has 12 heteroatoms. The Bertz CT molecular complexity index is 1200. The van der Waals surface area contributed by atoms with Crippen molar-refractivity contribution in [3.8, 4) is 0 Å². The van der Waals surface area contributed by atoms with Crippen molar-refractivity contribution in [1.29, 1.82) is 0 Å². The summed E-state index contributed by atoms with van der Waals surface area (Å²) in [7, 11) is -4.54. The topological polar surface area (TPSA) is 126 Å². The third-order valence-corrected chi connectivity index (χ3v) is 8.39. The van der Waals surface area contributed by atoms with Crippen molar-refractivity contribution < 1.29 is 21.6 Å². The van der Waals surface area contributed by atoms with Crippen molar-refractivity contribution in [2.24, 2.45) is 0 Å². The number of rotatable bonds is 9. The molecule has 0 saturated heterocycles. The largest absolute Gasteiger partial charge is 0.325 e. The van der Waals surface area contributed by atoms with Gasteiger partial charge in [0.15, 0.2) is 0 Å². The molecule has 2 rings (SSSR count). The maximum Gasteiger partial charge on any atom is 0.251 e. The molecule has 0 aliphatic carbocycles. The molecule has 1 heterocycles. The summed E-state index contributed by atoms with van der Waals surface area (Å²) in [5, 5.41) is 2.56. The summed E-state index contributed by atoms with van der Waals surface area (Å²) in [6.45, 7) is 3.56. The molecule has 170 valence electrons. The van der Waals surface area contributed by atoms with E-state index >= 15 is 0 Å². The molecule has 31 heavy (non-hydrogen) atoms. The van der Waals surface area contributed by atoms with Crippen LogP contribution >= 0.6 is 0 Å². The van der Waals surface area contributed by atoms with E-state index < -0.39 is 38.1 Å². The number of nitrogens with one attached hydrogen (secondary N) is 1. The van der Waals surface area contributed by atoms with E-state index in [2.05, 4.69) is 5.32 Å². The normalized spacial score (nSPS) is 12.3. The van der Waals surface area contributed by atoms with Crippen LogP contribution in [0.15, 0.2) is 57.2 Å². The van der Waals surface area contributed by atoms with E-state index in [-0.39, 0.29) is 22.9 Å². The van der Waals surface area contributed by atoms with Crippen LogP contribution in [-0.2, 0) is 31.4 Å². The highest BCUT2D eigenvalue weighted by Crippen LogP contribution is 2.17. The molecule has 1 N–H and O–H groups in total. The molecule has 10 nitrogen and oxygen atoms in total. The first-order chi connectivity index (χ1) is 14.4. The van der Waals surface area contributed by atoms with Crippen LogP contribution in [0, 0.1) is 0 Å². The number of hydrogen-bond donors (Lipinski definition) is 1. The first-order valence-electron chi connectivity index (χ1n) is 9.46. The molecule has 0 aliphatic heterocycles. The van der Waals surface area contributed by atoms with Gasteiger partial charge in [0.2, 0.25) is 26.0 Å². The van der Waals surface area contributed by atoms with Gasteiger partial charge in [0.25, 0.3) is 5.56 Å². The number of aromatic nitrogens is 1. The summed E-state index contributed by atoms with van der Waals surface area (Å²) in [5.74, 6) is -0.567. The zero-order valence-corrected chi connectivity index (χ0v) is 19.4. The molecule has 0 saturated carbocycles. The summed E-state index contributed by atoms with van der Waals surface area (Å²) in [4.78, 5) is 24.5. The smallest absolute Gasteiger partial charge is 0.251 e. The number of hydrogen-bond acceptors (Lipinski definition) is 6. The van der Waals surface area contributed by atoms with Crippen molar-refractivity contribution in [1.82, 2.24) is 13.2 Å². The quantitative estimate of drug-likeness (QED) is 0.577. The second kappa shape index (κ2) is 9.73. The highest BCUT2D eigenvalue weighted by Gasteiger charge is 2.22. The lowest BCUT2D eigenvalue weighted by Crippen LogP contribution is -2.33. The average Bonchev–Trinajstić information content (AvgIpc) is 2.70. The van der Waals surface area contributed by atoms with Gasteiger partial charge in [-0.05, 0) is 30.3 Å². The molecule has 0 unspecified atom stereocenters. The molecule has 0 spiro atoms. The maximum atomic E-state index is 12.7. The highest BCUT2D eigenvalue weighted by atomic mass is 32.2. The SMILES string of the molecule is CCN(CC)S(=O)(=O)c1ccc(=O)n(CC(=O)Nc2ccc(S(=O)(=O)N(C)C)cc2)c1. The number of pyridine rings is 1. The van der Waals surface area contributed by atoms with Crippen LogP contribution in [0.3, 0.4) is 0 Å². The summed E-state index contributed by atoms with van der Waals surface area (Å²) in [6, 6.07) is 7.89. The lowest BCUT2D eigenvalue weighted by atomic mass is 10.3. The molecule has 0 fully saturated rings. The van der Waals surface area contributed by atoms with Gasteiger partial charge in [0, 0.05) is 45.1 Å². The lowest BCUT2D eigenvalue weighted by Gasteiger charge is -2.19. The molecule has 0 atom stereocenters. The zero-order valence-electron chi connectivity index (χ0n) is 17.8. The average molecular weight is 471 g/mol. The Balaban J connectivity index is 2.20. The number of amides is 1. The first-order valence-corrected chi connectivity index (χ1v) is 12.3. The molecular weight excluding hydrogens is 444 g/mol. The monoisotopic (exact) mass is 470 g/mol. The van der Waals surface area contributed by atoms with E-state index in [1.165, 1.54) is 48.7 Å². The van der Waals surface area contributed by atoms with Gasteiger partial charge in [-0.1, -0.05) is 13.8 Å². The van der Waals surface area contributed by atoms with Crippen LogP contribution in [0.1, 0.15) is 13.8 Å². The lowest BCUT2D eigenvalue weighted by molar-refractivity contribution is -0.116. The fraction of sp³-hybridized carbons (Fsp3) is 0.368. The highest BCUT2D eigenvalue weighted by molar-refractivity contribution is 7.89. The van der Waals surface area contributed by atoms with Crippen LogP contribution < -0.4 is 10.9 Å². The minimum Gasteiger partial charge on any atom is -0.325 e. The third-order valence-electron chi connectivity index (χ3n) is 4.53. The van der Waals surface area contributed by atoms with E-state index in [1.54, 1.807) is 13.8 Å². The Kier molecular flexibility index (Phi) is 7.76. The Labute approximate surface area is 182 Å². The second-order valence-corrected chi connectivity index (χ2v) is 10.9. The van der Waals surface area contributed by atoms with Gasteiger partial charge in [-0.15, -0.1) is 0 Å². The van der Waals surface area contributed by atoms with Gasteiger partial charge >= 0.3 is 0 Å². The fourth-order valence-electron chi connectivity index (χ4n) is 2.77. The van der Waals surface area contributed by atoms with E-state index in [4.69, 9.17) is 0 Å². The molecule has 0 aliphatic rings. The van der Waals surface area contributed by atoms with Gasteiger partial charge in [0.1, 0.15) is 6.54 Å². The summed E-state index contributed by atoms with van der Waals surface area (Å²) in [5.41, 5.74) is -0.191. The van der Waals surface area contributed by atoms with E-state index in [0.717, 1.165) is 21.1 Å². The summed E-state index contributed by atoms with van der Waals surface area (Å²) >= 11 is 0. The van der Waals surface area contributed by atoms with E-state index in [9.17, 15) is 26.4 Å². The number of benzene rings is 1. The van der Waals surface area contributed by atoms with Crippen molar-refractivity contribution in [3.63, 3.8) is 0 Å². The minimum atomic E-state index is -3.78. The van der Waals surface area contributed by atoms with Gasteiger partial charge in [-0.25, -0.2) is 21.1 Å². The Morgan fingerprint density at radius 1 is 0.903 bits per heavy atom. The predicted molar refractivity (Wildman–Crippen MR) is 117 cm³/mol. The fourth-order valence-corrected chi connectivity index (χ4v) is 5.15. The van der Waals surface area contributed by atoms with Crippen LogP contribution in [0.5, 0.6) is 0 Å². The zero-order chi connectivity index (χ0) is 23.4. The van der Waals surface area contributed by atoms with Crippen molar-refractivity contribution in [3.05, 3.63) is 52.9 Å². The van der Waals surface area contributed by atoms with Gasteiger partial charge in [0.05, 0.1) is 9.79 Å². The number of carbonyl (C=O) groups excluding carboxylic acids is 1. The second-order valence-electron chi connectivity index (χ2n) is 6.78. The molecule has 2 aromatic rings. The van der Waals surface area contributed by atoms with Crippen LogP contribution in [0.2, 0.25) is 0 Å². The third kappa shape index (κ3) is 5.58. The Morgan fingerprint density at radius 2 is 1.45 bits per heavy atom. The number of carbonyl (C=O) groups is 1. The maximum absolute atomic E-state index is 12.7. The van der Waals surface area contributed by atoms with Gasteiger partial charge in [-0.3, -0.25) is 9.59 Å². The van der Waals surface area contributed by atoms with Crippen molar-refractivity contribution >= 4 is 31.6 Å². The standard InChI is InChI=1S/C19H26N4O6S2/c1-5-23(6-2)31(28,29)17-11-12-19(25)22(13-17)14-18(24)20-15-7-9-16(10-8-15)30(26,27)21(3)4/h7-13H,5-6,14H2,1-4H3,(H,20,24). The van der Waals surface area contributed by atoms with Crippen molar-refractivity contribution in [2.75, 3.05) is 32.5 Å². The minimum absolute atomic E-state index is 0.0704. The predicted octanol–water partition coefficient (Wildman–Crippen LogP) is 0.768. The molecular formula is C19H26N4O6S2. The van der Waals surface area contributed by atoms with Gasteiger partial charge < -0.3 is 9.88 Å². The van der Waals surface area contributed by atoms with Gasteiger partial charge in [-0.2, -0.15) is 4.31 Å². The van der Waals surface area contributed by atoms with Crippen LogP contribution in [0.25, 0.3) is 0 Å². The summed E-state index contributed by atoms with van der Waals surface area (Å²) < 4.78 is 52.8. The number of nitrogens with zero attached hydrogens (tertiary/aromatic N) is 3. The van der Waals surface area contributed by atoms with Crippen LogP contribution in [0.4, 0.5) is 5.69 Å². The Morgan fingerprint density at radius 3 is 1.97 bits per heavy atom. The van der Waals surface area contributed by atoms with Crippen molar-refractivity contribution in [2.45, 2.75) is 30.2 Å². The molecule has 0 radical (unpaired) electrons. The number of sulfonamides is 2. The van der Waals surface area contributed by atoms with Crippen LogP contribution in [-0.4, -0.2) is 63.1 Å². The first kappa shape index (κ1) is 24.7. The van der Waals surface area contributed by atoms with E-state index in [1.807, 2.05) is 0 Å². The van der Waals surface area contributed by atoms with E-state index in [0.29, 0.717) is 5.69 Å². The molecule has 1 aromatic carbocycles. The Hall–Kier alpha value is -2.54. The summed E-state index contributed by atoms with van der Waals surface area (Å²) in [6.07, 6.45) is 1.14.